The highest BCUT2D eigenvalue weighted by molar-refractivity contribution is 7.95. The van der Waals surface area contributed by atoms with Crippen molar-refractivity contribution in [2.24, 2.45) is 0 Å². The monoisotopic (exact) mass is 297 g/mol. The van der Waals surface area contributed by atoms with Gasteiger partial charge < -0.3 is 5.11 Å². The molecule has 2 fully saturated rings. The summed E-state index contributed by atoms with van der Waals surface area (Å²) in [6.07, 6.45) is 1.34. The zero-order valence-corrected chi connectivity index (χ0v) is 12.0. The van der Waals surface area contributed by atoms with Crippen LogP contribution in [-0.2, 0) is 19.9 Å². The molecule has 2 saturated heterocycles. The van der Waals surface area contributed by atoms with Crippen LogP contribution in [0.15, 0.2) is 0 Å². The standard InChI is InChI=1S/C10H19NO5S2/c1-10(12)4-2-5-11(8-10)18(15,16)9-3-6-17(13,14)7-9/h9,12H,2-8H2,1H3. The van der Waals surface area contributed by atoms with E-state index in [1.54, 1.807) is 6.92 Å². The van der Waals surface area contributed by atoms with Crippen molar-refractivity contribution in [3.63, 3.8) is 0 Å². The molecule has 0 aromatic heterocycles. The minimum absolute atomic E-state index is 0.0544. The average molecular weight is 297 g/mol. The zero-order valence-electron chi connectivity index (χ0n) is 10.4. The SMILES string of the molecule is CC1(O)CCCN(S(=O)(=O)C2CCS(=O)(=O)C2)C1. The van der Waals surface area contributed by atoms with Gasteiger partial charge in [-0.3, -0.25) is 0 Å². The normalized spacial score (nSPS) is 37.8. The molecule has 2 aliphatic heterocycles. The third kappa shape index (κ3) is 2.87. The summed E-state index contributed by atoms with van der Waals surface area (Å²) in [4.78, 5) is 0. The first-order valence-corrected chi connectivity index (χ1v) is 9.37. The Kier molecular flexibility index (Phi) is 3.50. The Morgan fingerprint density at radius 1 is 1.39 bits per heavy atom. The van der Waals surface area contributed by atoms with Crippen molar-refractivity contribution in [3.8, 4) is 0 Å². The number of hydrogen-bond donors (Lipinski definition) is 1. The Hall–Kier alpha value is -0.180. The van der Waals surface area contributed by atoms with E-state index in [0.29, 0.717) is 19.4 Å². The molecule has 2 atom stereocenters. The van der Waals surface area contributed by atoms with Crippen molar-refractivity contribution in [2.45, 2.75) is 37.0 Å². The molecule has 0 aromatic rings. The Labute approximate surface area is 108 Å². The highest BCUT2D eigenvalue weighted by Gasteiger charge is 2.43. The van der Waals surface area contributed by atoms with E-state index in [-0.39, 0.29) is 24.5 Å². The van der Waals surface area contributed by atoms with Crippen LogP contribution in [0.2, 0.25) is 0 Å². The molecule has 2 heterocycles. The number of hydrogen-bond acceptors (Lipinski definition) is 5. The highest BCUT2D eigenvalue weighted by Crippen LogP contribution is 2.28. The van der Waals surface area contributed by atoms with Gasteiger partial charge in [0.1, 0.15) is 0 Å². The number of rotatable bonds is 2. The van der Waals surface area contributed by atoms with Crippen molar-refractivity contribution >= 4 is 19.9 Å². The van der Waals surface area contributed by atoms with Crippen LogP contribution >= 0.6 is 0 Å². The molecule has 2 aliphatic rings. The zero-order chi connectivity index (χ0) is 13.6. The van der Waals surface area contributed by atoms with Gasteiger partial charge in [-0.15, -0.1) is 0 Å². The average Bonchev–Trinajstić information content (AvgIpc) is 2.58. The summed E-state index contributed by atoms with van der Waals surface area (Å²) in [6.45, 7) is 2.04. The van der Waals surface area contributed by atoms with Gasteiger partial charge in [0.2, 0.25) is 10.0 Å². The maximum absolute atomic E-state index is 12.3. The second kappa shape index (κ2) is 4.43. The molecule has 0 spiro atoms. The summed E-state index contributed by atoms with van der Waals surface area (Å²) in [5.74, 6) is -0.338. The van der Waals surface area contributed by atoms with E-state index in [1.165, 1.54) is 4.31 Å². The predicted molar refractivity (Wildman–Crippen MR) is 67.4 cm³/mol. The van der Waals surface area contributed by atoms with Crippen LogP contribution in [0.4, 0.5) is 0 Å². The quantitative estimate of drug-likeness (QED) is 0.731. The molecule has 0 aromatic carbocycles. The van der Waals surface area contributed by atoms with Crippen LogP contribution < -0.4 is 0 Å². The largest absolute Gasteiger partial charge is 0.389 e. The third-order valence-corrected chi connectivity index (χ3v) is 7.87. The molecule has 2 rings (SSSR count). The molecule has 0 amide bonds. The molecular weight excluding hydrogens is 278 g/mol. The van der Waals surface area contributed by atoms with Crippen LogP contribution in [0, 0.1) is 0 Å². The smallest absolute Gasteiger partial charge is 0.218 e. The number of aliphatic hydroxyl groups is 1. The number of sulfone groups is 1. The van der Waals surface area contributed by atoms with Crippen LogP contribution in [0.5, 0.6) is 0 Å². The molecule has 6 nitrogen and oxygen atoms in total. The van der Waals surface area contributed by atoms with Crippen LogP contribution in [0.25, 0.3) is 0 Å². The molecule has 1 N–H and O–H groups in total. The van der Waals surface area contributed by atoms with Crippen molar-refractivity contribution in [1.29, 1.82) is 0 Å². The van der Waals surface area contributed by atoms with Crippen molar-refractivity contribution < 1.29 is 21.9 Å². The summed E-state index contributed by atoms with van der Waals surface area (Å²) >= 11 is 0. The maximum atomic E-state index is 12.3. The van der Waals surface area contributed by atoms with Gasteiger partial charge in [-0.1, -0.05) is 0 Å². The first-order chi connectivity index (χ1) is 8.12. The molecule has 18 heavy (non-hydrogen) atoms. The number of piperidine rings is 1. The number of nitrogens with zero attached hydrogens (tertiary/aromatic N) is 1. The van der Waals surface area contributed by atoms with Crippen LogP contribution in [0.1, 0.15) is 26.2 Å². The van der Waals surface area contributed by atoms with Crippen molar-refractivity contribution in [1.82, 2.24) is 4.31 Å². The van der Waals surface area contributed by atoms with Crippen LogP contribution in [0.3, 0.4) is 0 Å². The summed E-state index contributed by atoms with van der Waals surface area (Å²) in [5.41, 5.74) is -1.01. The fraction of sp³-hybridized carbons (Fsp3) is 1.00. The van der Waals surface area contributed by atoms with Crippen molar-refractivity contribution in [2.75, 3.05) is 24.6 Å². The van der Waals surface area contributed by atoms with E-state index in [0.717, 1.165) is 0 Å². The topological polar surface area (TPSA) is 91.8 Å². The molecule has 8 heteroatoms. The molecule has 0 aliphatic carbocycles. The number of β-amino-alcohol motifs (C(OH)–C–C–N with tert-alkyl or cyclic N) is 1. The Morgan fingerprint density at radius 2 is 2.06 bits per heavy atom. The third-order valence-electron chi connectivity index (χ3n) is 3.61. The first-order valence-electron chi connectivity index (χ1n) is 6.04. The van der Waals surface area contributed by atoms with Gasteiger partial charge in [-0.05, 0) is 26.2 Å². The van der Waals surface area contributed by atoms with Gasteiger partial charge in [0.25, 0.3) is 0 Å². The maximum Gasteiger partial charge on any atom is 0.218 e. The Morgan fingerprint density at radius 3 is 2.56 bits per heavy atom. The molecule has 106 valence electrons. The molecule has 0 bridgehead atoms. The minimum atomic E-state index is -3.61. The van der Waals surface area contributed by atoms with E-state index in [2.05, 4.69) is 0 Å². The van der Waals surface area contributed by atoms with Gasteiger partial charge in [0.05, 0.1) is 22.4 Å². The summed E-state index contributed by atoms with van der Waals surface area (Å²) < 4.78 is 48.6. The highest BCUT2D eigenvalue weighted by atomic mass is 32.2. The van der Waals surface area contributed by atoms with Gasteiger partial charge in [-0.2, -0.15) is 4.31 Å². The van der Waals surface area contributed by atoms with E-state index < -0.39 is 30.7 Å². The first kappa shape index (κ1) is 14.2. The Balaban J connectivity index is 2.17. The van der Waals surface area contributed by atoms with Gasteiger partial charge in [-0.25, -0.2) is 16.8 Å². The lowest BCUT2D eigenvalue weighted by Gasteiger charge is -2.37. The molecular formula is C10H19NO5S2. The summed E-state index contributed by atoms with van der Waals surface area (Å²) in [7, 11) is -6.82. The summed E-state index contributed by atoms with van der Waals surface area (Å²) in [5, 5.41) is 9.09. The minimum Gasteiger partial charge on any atom is -0.389 e. The van der Waals surface area contributed by atoms with Crippen molar-refractivity contribution in [3.05, 3.63) is 0 Å². The van der Waals surface area contributed by atoms with Gasteiger partial charge >= 0.3 is 0 Å². The Bertz CT molecular complexity index is 522. The lowest BCUT2D eigenvalue weighted by molar-refractivity contribution is 0.00920. The lowest BCUT2D eigenvalue weighted by atomic mass is 9.97. The predicted octanol–water partition coefficient (Wildman–Crippen LogP) is -0.650. The number of sulfonamides is 1. The second-order valence-electron chi connectivity index (χ2n) is 5.50. The molecule has 0 radical (unpaired) electrons. The van der Waals surface area contributed by atoms with Gasteiger partial charge in [0, 0.05) is 13.1 Å². The fourth-order valence-electron chi connectivity index (χ4n) is 2.60. The molecule has 0 saturated carbocycles. The van der Waals surface area contributed by atoms with Gasteiger partial charge in [0.15, 0.2) is 9.84 Å². The summed E-state index contributed by atoms with van der Waals surface area (Å²) in [6, 6.07) is 0. The molecule has 2 unspecified atom stereocenters. The lowest BCUT2D eigenvalue weighted by Crippen LogP contribution is -2.51. The van der Waals surface area contributed by atoms with E-state index in [1.807, 2.05) is 0 Å². The van der Waals surface area contributed by atoms with E-state index in [9.17, 15) is 21.9 Å². The fourth-order valence-corrected chi connectivity index (χ4v) is 7.28. The van der Waals surface area contributed by atoms with E-state index in [4.69, 9.17) is 0 Å². The van der Waals surface area contributed by atoms with Crippen LogP contribution in [-0.4, -0.2) is 61.7 Å². The second-order valence-corrected chi connectivity index (χ2v) is 9.95. The van der Waals surface area contributed by atoms with E-state index >= 15 is 0 Å².